The van der Waals surface area contributed by atoms with Crippen LogP contribution in [-0.4, -0.2) is 14.9 Å². The van der Waals surface area contributed by atoms with E-state index in [2.05, 4.69) is 43.3 Å². The first kappa shape index (κ1) is 13.6. The highest BCUT2D eigenvalue weighted by atomic mass is 16.5. The van der Waals surface area contributed by atoms with Gasteiger partial charge in [0.15, 0.2) is 5.82 Å². The summed E-state index contributed by atoms with van der Waals surface area (Å²) >= 11 is 0. The van der Waals surface area contributed by atoms with Crippen LogP contribution in [0, 0.1) is 13.8 Å². The van der Waals surface area contributed by atoms with Gasteiger partial charge in [0, 0.05) is 36.3 Å². The maximum absolute atomic E-state index is 5.35. The quantitative estimate of drug-likeness (QED) is 0.924. The molecule has 1 N–H and O–H groups in total. The topological polar surface area (TPSA) is 55.9 Å². The van der Waals surface area contributed by atoms with Crippen LogP contribution in [0.5, 0.6) is 0 Å². The standard InChI is InChI=1S/C14H22N4O/c1-9-11(10(2)18(6)16-9)8-15-13-7-12(19-17-13)14(3,4)5/h7H,8H2,1-6H3,(H,15,17). The number of rotatable bonds is 3. The normalized spacial score (nSPS) is 11.9. The van der Waals surface area contributed by atoms with Crippen molar-refractivity contribution in [2.75, 3.05) is 5.32 Å². The van der Waals surface area contributed by atoms with E-state index >= 15 is 0 Å². The van der Waals surface area contributed by atoms with Gasteiger partial charge in [-0.15, -0.1) is 0 Å². The molecule has 0 aliphatic rings. The smallest absolute Gasteiger partial charge is 0.169 e. The van der Waals surface area contributed by atoms with Crippen molar-refractivity contribution in [3.63, 3.8) is 0 Å². The minimum Gasteiger partial charge on any atom is -0.363 e. The molecule has 5 heteroatoms. The molecular formula is C14H22N4O. The predicted molar refractivity (Wildman–Crippen MR) is 75.2 cm³/mol. The van der Waals surface area contributed by atoms with E-state index in [0.29, 0.717) is 6.54 Å². The molecule has 0 unspecified atom stereocenters. The van der Waals surface area contributed by atoms with E-state index in [0.717, 1.165) is 17.3 Å². The van der Waals surface area contributed by atoms with Gasteiger partial charge in [0.2, 0.25) is 0 Å². The van der Waals surface area contributed by atoms with Gasteiger partial charge in [0.1, 0.15) is 5.76 Å². The molecule has 104 valence electrons. The highest BCUT2D eigenvalue weighted by Gasteiger charge is 2.19. The third kappa shape index (κ3) is 2.80. The van der Waals surface area contributed by atoms with Crippen LogP contribution in [0.25, 0.3) is 0 Å². The zero-order valence-corrected chi connectivity index (χ0v) is 12.5. The molecule has 0 spiro atoms. The molecule has 0 radical (unpaired) electrons. The van der Waals surface area contributed by atoms with Crippen LogP contribution in [-0.2, 0) is 19.0 Å². The molecule has 2 heterocycles. The summed E-state index contributed by atoms with van der Waals surface area (Å²) in [5.74, 6) is 1.65. The highest BCUT2D eigenvalue weighted by Crippen LogP contribution is 2.24. The molecule has 0 saturated heterocycles. The molecular weight excluding hydrogens is 240 g/mol. The number of anilines is 1. The van der Waals surface area contributed by atoms with Gasteiger partial charge in [-0.3, -0.25) is 4.68 Å². The predicted octanol–water partition coefficient (Wildman–Crippen LogP) is 2.93. The van der Waals surface area contributed by atoms with Gasteiger partial charge in [-0.2, -0.15) is 5.10 Å². The Morgan fingerprint density at radius 1 is 1.32 bits per heavy atom. The van der Waals surface area contributed by atoms with Crippen LogP contribution in [0.1, 0.15) is 43.5 Å². The lowest BCUT2D eigenvalue weighted by molar-refractivity contribution is 0.330. The molecule has 0 aliphatic heterocycles. The van der Waals surface area contributed by atoms with Gasteiger partial charge in [-0.25, -0.2) is 0 Å². The van der Waals surface area contributed by atoms with E-state index in [9.17, 15) is 0 Å². The average molecular weight is 262 g/mol. The second kappa shape index (κ2) is 4.72. The Morgan fingerprint density at radius 2 is 2.00 bits per heavy atom. The highest BCUT2D eigenvalue weighted by molar-refractivity contribution is 5.38. The minimum absolute atomic E-state index is 0.0208. The Bertz CT molecular complexity index is 575. The molecule has 2 aromatic rings. The first-order valence-electron chi connectivity index (χ1n) is 6.49. The summed E-state index contributed by atoms with van der Waals surface area (Å²) in [6.07, 6.45) is 0. The summed E-state index contributed by atoms with van der Waals surface area (Å²) in [5.41, 5.74) is 3.41. The molecule has 0 bridgehead atoms. The fourth-order valence-electron chi connectivity index (χ4n) is 1.96. The van der Waals surface area contributed by atoms with Crippen LogP contribution in [0.15, 0.2) is 10.6 Å². The number of hydrogen-bond acceptors (Lipinski definition) is 4. The molecule has 5 nitrogen and oxygen atoms in total. The van der Waals surface area contributed by atoms with Gasteiger partial charge in [-0.05, 0) is 13.8 Å². The number of aryl methyl sites for hydroxylation is 2. The number of nitrogens with one attached hydrogen (secondary N) is 1. The van der Waals surface area contributed by atoms with Crippen LogP contribution in [0.3, 0.4) is 0 Å². The first-order chi connectivity index (χ1) is 8.79. The summed E-state index contributed by atoms with van der Waals surface area (Å²) in [7, 11) is 1.96. The van der Waals surface area contributed by atoms with Gasteiger partial charge in [-0.1, -0.05) is 25.9 Å². The van der Waals surface area contributed by atoms with Crippen LogP contribution in [0.2, 0.25) is 0 Å². The summed E-state index contributed by atoms with van der Waals surface area (Å²) in [6.45, 7) is 11.1. The van der Waals surface area contributed by atoms with Crippen molar-refractivity contribution in [1.29, 1.82) is 0 Å². The lowest BCUT2D eigenvalue weighted by Gasteiger charge is -2.12. The molecule has 0 aromatic carbocycles. The van der Waals surface area contributed by atoms with Crippen molar-refractivity contribution in [3.05, 3.63) is 28.8 Å². The van der Waals surface area contributed by atoms with Crippen molar-refractivity contribution in [2.45, 2.75) is 46.6 Å². The second-order valence-electron chi connectivity index (χ2n) is 5.95. The lowest BCUT2D eigenvalue weighted by Crippen LogP contribution is -2.09. The largest absolute Gasteiger partial charge is 0.363 e. The molecule has 2 aromatic heterocycles. The zero-order valence-electron chi connectivity index (χ0n) is 12.5. The number of hydrogen-bond donors (Lipinski definition) is 1. The van der Waals surface area contributed by atoms with Crippen LogP contribution < -0.4 is 5.32 Å². The molecule has 0 aliphatic carbocycles. The van der Waals surface area contributed by atoms with Gasteiger partial charge in [0.25, 0.3) is 0 Å². The van der Waals surface area contributed by atoms with Crippen molar-refractivity contribution >= 4 is 5.82 Å². The molecule has 0 fully saturated rings. The SMILES string of the molecule is Cc1nn(C)c(C)c1CNc1cc(C(C)(C)C)on1. The minimum atomic E-state index is -0.0208. The fraction of sp³-hybridized carbons (Fsp3) is 0.571. The Kier molecular flexibility index (Phi) is 3.39. The van der Waals surface area contributed by atoms with Crippen molar-refractivity contribution in [1.82, 2.24) is 14.9 Å². The Hall–Kier alpha value is -1.78. The Morgan fingerprint density at radius 3 is 2.47 bits per heavy atom. The van der Waals surface area contributed by atoms with E-state index < -0.39 is 0 Å². The van der Waals surface area contributed by atoms with Crippen molar-refractivity contribution in [3.8, 4) is 0 Å². The van der Waals surface area contributed by atoms with E-state index in [1.165, 1.54) is 11.3 Å². The first-order valence-corrected chi connectivity index (χ1v) is 6.49. The molecule has 0 saturated carbocycles. The maximum atomic E-state index is 5.35. The van der Waals surface area contributed by atoms with Gasteiger partial charge >= 0.3 is 0 Å². The fourth-order valence-corrected chi connectivity index (χ4v) is 1.96. The third-order valence-corrected chi connectivity index (χ3v) is 3.35. The lowest BCUT2D eigenvalue weighted by atomic mass is 9.93. The number of nitrogens with zero attached hydrogens (tertiary/aromatic N) is 3. The number of aromatic nitrogens is 3. The van der Waals surface area contributed by atoms with Crippen LogP contribution in [0.4, 0.5) is 5.82 Å². The molecule has 2 rings (SSSR count). The maximum Gasteiger partial charge on any atom is 0.169 e. The molecule has 0 amide bonds. The van der Waals surface area contributed by atoms with Crippen LogP contribution >= 0.6 is 0 Å². The van der Waals surface area contributed by atoms with Gasteiger partial charge < -0.3 is 9.84 Å². The van der Waals surface area contributed by atoms with Crippen molar-refractivity contribution in [2.24, 2.45) is 7.05 Å². The zero-order chi connectivity index (χ0) is 14.2. The van der Waals surface area contributed by atoms with E-state index in [4.69, 9.17) is 4.52 Å². The van der Waals surface area contributed by atoms with E-state index in [1.54, 1.807) is 0 Å². The molecule has 19 heavy (non-hydrogen) atoms. The summed E-state index contributed by atoms with van der Waals surface area (Å²) in [5, 5.41) is 11.7. The summed E-state index contributed by atoms with van der Waals surface area (Å²) in [6, 6.07) is 1.96. The second-order valence-corrected chi connectivity index (χ2v) is 5.95. The molecule has 0 atom stereocenters. The van der Waals surface area contributed by atoms with E-state index in [1.807, 2.05) is 24.7 Å². The van der Waals surface area contributed by atoms with E-state index in [-0.39, 0.29) is 5.41 Å². The summed E-state index contributed by atoms with van der Waals surface area (Å²) < 4.78 is 7.25. The average Bonchev–Trinajstić information content (AvgIpc) is 2.84. The van der Waals surface area contributed by atoms with Gasteiger partial charge in [0.05, 0.1) is 5.69 Å². The Balaban J connectivity index is 2.09. The Labute approximate surface area is 114 Å². The third-order valence-electron chi connectivity index (χ3n) is 3.35. The monoisotopic (exact) mass is 262 g/mol. The summed E-state index contributed by atoms with van der Waals surface area (Å²) in [4.78, 5) is 0. The van der Waals surface area contributed by atoms with Crippen molar-refractivity contribution < 1.29 is 4.52 Å².